The fraction of sp³-hybridized carbons (Fsp3) is 0.667. The zero-order valence-corrected chi connectivity index (χ0v) is 12.9. The standard InChI is InChI=1S/C18H27FN2/c19-11-6-12-21-14-17(15-7-2-1-3-8-15)20-13-16-9-4-5-10-18(16)21/h4-5,9-10,15,17,20H,1-3,6-8,11-14H2. The van der Waals surface area contributed by atoms with E-state index in [9.17, 15) is 4.39 Å². The zero-order chi connectivity index (χ0) is 14.5. The number of nitrogens with zero attached hydrogens (tertiary/aromatic N) is 1. The summed E-state index contributed by atoms with van der Waals surface area (Å²) in [7, 11) is 0. The number of halogens is 1. The van der Waals surface area contributed by atoms with Crippen molar-refractivity contribution in [3.05, 3.63) is 29.8 Å². The molecule has 1 aromatic rings. The summed E-state index contributed by atoms with van der Waals surface area (Å²) < 4.78 is 12.6. The highest BCUT2D eigenvalue weighted by Gasteiger charge is 2.28. The van der Waals surface area contributed by atoms with E-state index in [2.05, 4.69) is 34.5 Å². The van der Waals surface area contributed by atoms with Crippen LogP contribution in [0.25, 0.3) is 0 Å². The highest BCUT2D eigenvalue weighted by molar-refractivity contribution is 5.54. The van der Waals surface area contributed by atoms with Gasteiger partial charge >= 0.3 is 0 Å². The first kappa shape index (κ1) is 14.8. The number of nitrogens with one attached hydrogen (secondary N) is 1. The average molecular weight is 290 g/mol. The first-order valence-corrected chi connectivity index (χ1v) is 8.50. The molecule has 1 atom stereocenters. The van der Waals surface area contributed by atoms with Crippen molar-refractivity contribution >= 4 is 5.69 Å². The van der Waals surface area contributed by atoms with E-state index in [-0.39, 0.29) is 6.67 Å². The van der Waals surface area contributed by atoms with Crippen LogP contribution in [-0.4, -0.2) is 25.8 Å². The predicted molar refractivity (Wildman–Crippen MR) is 86.4 cm³/mol. The van der Waals surface area contributed by atoms with Crippen LogP contribution in [0.1, 0.15) is 44.1 Å². The molecule has 0 aromatic heterocycles. The molecule has 0 bridgehead atoms. The minimum atomic E-state index is -0.222. The average Bonchev–Trinajstić information content (AvgIpc) is 2.74. The lowest BCUT2D eigenvalue weighted by molar-refractivity contribution is 0.270. The quantitative estimate of drug-likeness (QED) is 0.904. The zero-order valence-electron chi connectivity index (χ0n) is 12.9. The summed E-state index contributed by atoms with van der Waals surface area (Å²) in [6, 6.07) is 9.15. The molecule has 1 fully saturated rings. The molecule has 116 valence electrons. The van der Waals surface area contributed by atoms with Gasteiger partial charge in [0, 0.05) is 31.4 Å². The Balaban J connectivity index is 1.76. The van der Waals surface area contributed by atoms with Crippen LogP contribution in [0.4, 0.5) is 10.1 Å². The maximum Gasteiger partial charge on any atom is 0.0911 e. The van der Waals surface area contributed by atoms with E-state index in [4.69, 9.17) is 0 Å². The Morgan fingerprint density at radius 1 is 1.14 bits per heavy atom. The second kappa shape index (κ2) is 7.26. The van der Waals surface area contributed by atoms with Crippen LogP contribution in [0, 0.1) is 5.92 Å². The Kier molecular flexibility index (Phi) is 5.13. The molecule has 0 radical (unpaired) electrons. The third-order valence-electron chi connectivity index (χ3n) is 5.08. The molecule has 0 amide bonds. The maximum absolute atomic E-state index is 12.6. The minimum absolute atomic E-state index is 0.222. The molecule has 3 rings (SSSR count). The molecule has 3 heteroatoms. The van der Waals surface area contributed by atoms with Gasteiger partial charge < -0.3 is 10.2 Å². The molecule has 1 saturated carbocycles. The first-order chi connectivity index (χ1) is 10.4. The van der Waals surface area contributed by atoms with Crippen molar-refractivity contribution in [2.45, 2.75) is 51.1 Å². The van der Waals surface area contributed by atoms with Gasteiger partial charge in [0.05, 0.1) is 6.67 Å². The van der Waals surface area contributed by atoms with Gasteiger partial charge in [0.2, 0.25) is 0 Å². The summed E-state index contributed by atoms with van der Waals surface area (Å²) in [4.78, 5) is 2.41. The second-order valence-electron chi connectivity index (χ2n) is 6.50. The molecule has 1 aliphatic heterocycles. The molecule has 1 aromatic carbocycles. The summed E-state index contributed by atoms with van der Waals surface area (Å²) >= 11 is 0. The topological polar surface area (TPSA) is 15.3 Å². The van der Waals surface area contributed by atoms with Gasteiger partial charge in [-0.3, -0.25) is 4.39 Å². The maximum atomic E-state index is 12.6. The number of anilines is 1. The molecule has 1 unspecified atom stereocenters. The molecule has 0 saturated heterocycles. The van der Waals surface area contributed by atoms with Crippen molar-refractivity contribution in [1.82, 2.24) is 5.32 Å². The normalized spacial score (nSPS) is 23.7. The minimum Gasteiger partial charge on any atom is -0.370 e. The monoisotopic (exact) mass is 290 g/mol. The SMILES string of the molecule is FCCCN1CC(C2CCCCC2)NCc2ccccc21. The number of hydrogen-bond acceptors (Lipinski definition) is 2. The van der Waals surface area contributed by atoms with E-state index < -0.39 is 0 Å². The fourth-order valence-corrected chi connectivity index (χ4v) is 3.92. The van der Waals surface area contributed by atoms with Gasteiger partial charge in [-0.25, -0.2) is 0 Å². The Hall–Kier alpha value is -1.09. The first-order valence-electron chi connectivity index (χ1n) is 8.50. The van der Waals surface area contributed by atoms with E-state index in [0.717, 1.165) is 25.6 Å². The second-order valence-corrected chi connectivity index (χ2v) is 6.50. The largest absolute Gasteiger partial charge is 0.370 e. The summed E-state index contributed by atoms with van der Waals surface area (Å²) in [5.41, 5.74) is 2.66. The van der Waals surface area contributed by atoms with Crippen LogP contribution in [0.15, 0.2) is 24.3 Å². The van der Waals surface area contributed by atoms with Crippen LogP contribution in [0.2, 0.25) is 0 Å². The Bertz CT molecular complexity index is 443. The van der Waals surface area contributed by atoms with Crippen LogP contribution < -0.4 is 10.2 Å². The van der Waals surface area contributed by atoms with Crippen LogP contribution in [0.5, 0.6) is 0 Å². The number of fused-ring (bicyclic) bond motifs is 1. The summed E-state index contributed by atoms with van der Waals surface area (Å²) in [5, 5.41) is 3.78. The van der Waals surface area contributed by atoms with Crippen molar-refractivity contribution in [3.8, 4) is 0 Å². The van der Waals surface area contributed by atoms with Gasteiger partial charge in [-0.05, 0) is 36.8 Å². The van der Waals surface area contributed by atoms with Crippen LogP contribution in [-0.2, 0) is 6.54 Å². The number of hydrogen-bond donors (Lipinski definition) is 1. The van der Waals surface area contributed by atoms with E-state index in [1.807, 2.05) is 0 Å². The molecule has 0 spiro atoms. The highest BCUT2D eigenvalue weighted by atomic mass is 19.1. The molecule has 2 aliphatic rings. The summed E-state index contributed by atoms with van der Waals surface area (Å²) in [6.45, 7) is 2.59. The smallest absolute Gasteiger partial charge is 0.0911 e. The van der Waals surface area contributed by atoms with Gasteiger partial charge in [0.15, 0.2) is 0 Å². The van der Waals surface area contributed by atoms with Crippen molar-refractivity contribution in [3.63, 3.8) is 0 Å². The summed E-state index contributed by atoms with van der Waals surface area (Å²) in [6.07, 6.45) is 7.48. The third kappa shape index (κ3) is 3.57. The van der Waals surface area contributed by atoms with E-state index >= 15 is 0 Å². The van der Waals surface area contributed by atoms with Gasteiger partial charge in [-0.15, -0.1) is 0 Å². The fourth-order valence-electron chi connectivity index (χ4n) is 3.92. The van der Waals surface area contributed by atoms with Crippen molar-refractivity contribution in [2.75, 3.05) is 24.7 Å². The molecule has 2 nitrogen and oxygen atoms in total. The molecule has 21 heavy (non-hydrogen) atoms. The highest BCUT2D eigenvalue weighted by Crippen LogP contribution is 2.31. The number of rotatable bonds is 4. The lowest BCUT2D eigenvalue weighted by atomic mass is 9.83. The molecular weight excluding hydrogens is 263 g/mol. The van der Waals surface area contributed by atoms with Crippen LogP contribution >= 0.6 is 0 Å². The number of alkyl halides is 1. The summed E-state index contributed by atoms with van der Waals surface area (Å²) in [5.74, 6) is 0.793. The predicted octanol–water partition coefficient (Wildman–Crippen LogP) is 3.90. The Labute approximate surface area is 127 Å². The Morgan fingerprint density at radius 3 is 2.76 bits per heavy atom. The van der Waals surface area contributed by atoms with Crippen molar-refractivity contribution in [2.24, 2.45) is 5.92 Å². The van der Waals surface area contributed by atoms with Gasteiger partial charge in [0.25, 0.3) is 0 Å². The molecular formula is C18H27FN2. The molecule has 1 aliphatic carbocycles. The number of para-hydroxylation sites is 1. The lowest BCUT2D eigenvalue weighted by Crippen LogP contribution is -2.44. The van der Waals surface area contributed by atoms with E-state index in [0.29, 0.717) is 12.5 Å². The lowest BCUT2D eigenvalue weighted by Gasteiger charge is -2.34. The Morgan fingerprint density at radius 2 is 1.95 bits per heavy atom. The van der Waals surface area contributed by atoms with Gasteiger partial charge in [-0.2, -0.15) is 0 Å². The van der Waals surface area contributed by atoms with E-state index in [1.165, 1.54) is 43.4 Å². The van der Waals surface area contributed by atoms with Crippen LogP contribution in [0.3, 0.4) is 0 Å². The number of benzene rings is 1. The molecule has 1 N–H and O–H groups in total. The van der Waals surface area contributed by atoms with Gasteiger partial charge in [0.1, 0.15) is 0 Å². The third-order valence-corrected chi connectivity index (χ3v) is 5.08. The van der Waals surface area contributed by atoms with Crippen molar-refractivity contribution in [1.29, 1.82) is 0 Å². The molecule has 1 heterocycles. The van der Waals surface area contributed by atoms with Crippen molar-refractivity contribution < 1.29 is 4.39 Å². The van der Waals surface area contributed by atoms with Gasteiger partial charge in [-0.1, -0.05) is 37.5 Å². The van der Waals surface area contributed by atoms with E-state index in [1.54, 1.807) is 0 Å².